The van der Waals surface area contributed by atoms with Gasteiger partial charge in [-0.1, -0.05) is 13.8 Å². The summed E-state index contributed by atoms with van der Waals surface area (Å²) in [7, 11) is -2.13. The monoisotopic (exact) mass is 208 g/mol. The number of hydrogen-bond donors (Lipinski definition) is 4. The molecule has 0 bridgehead atoms. The van der Waals surface area contributed by atoms with Gasteiger partial charge >= 0.3 is 0 Å². The first-order valence-electron chi connectivity index (χ1n) is 4.09. The van der Waals surface area contributed by atoms with Crippen LogP contribution < -0.4 is 11.1 Å². The predicted molar refractivity (Wildman–Crippen MR) is 51.8 cm³/mol. The first-order valence-corrected chi connectivity index (χ1v) is 5.40. The minimum Gasteiger partial charge on any atom is -0.349 e. The lowest BCUT2D eigenvalue weighted by atomic mass is 10.1. The molecule has 0 aliphatic rings. The van der Waals surface area contributed by atoms with Gasteiger partial charge in [0, 0.05) is 0 Å². The van der Waals surface area contributed by atoms with Crippen LogP contribution in [-0.4, -0.2) is 27.5 Å². The molecule has 0 rings (SSSR count). The van der Waals surface area contributed by atoms with Gasteiger partial charge in [-0.2, -0.15) is 0 Å². The van der Waals surface area contributed by atoms with Crippen LogP contribution >= 0.6 is 8.38 Å². The van der Waals surface area contributed by atoms with Crippen molar-refractivity contribution in [1.82, 2.24) is 5.32 Å². The van der Waals surface area contributed by atoms with Crippen molar-refractivity contribution in [2.24, 2.45) is 11.7 Å². The molecule has 78 valence electrons. The molecule has 5 N–H and O–H groups in total. The Labute approximate surface area is 79.2 Å². The standard InChI is InChI=1S/C7H17N2O3P/c1-4(2)6(8)7(10)9-5(3)13(11)12/h4-6,11-12H,8H2,1-3H3,(H,9,10)/t5?,6-/m0/s1. The number of carbonyl (C=O) groups excluding carboxylic acids is 1. The molecule has 0 aromatic rings. The Kier molecular flexibility index (Phi) is 5.40. The number of carbonyl (C=O) groups is 1. The second-order valence-corrected chi connectivity index (χ2v) is 4.69. The van der Waals surface area contributed by atoms with Crippen molar-refractivity contribution >= 4 is 14.3 Å². The van der Waals surface area contributed by atoms with Crippen LogP contribution in [0.4, 0.5) is 0 Å². The van der Waals surface area contributed by atoms with E-state index in [0.717, 1.165) is 0 Å². The van der Waals surface area contributed by atoms with E-state index < -0.39 is 20.2 Å². The lowest BCUT2D eigenvalue weighted by molar-refractivity contribution is -0.123. The van der Waals surface area contributed by atoms with Crippen molar-refractivity contribution < 1.29 is 14.6 Å². The molecule has 0 saturated heterocycles. The van der Waals surface area contributed by atoms with Crippen molar-refractivity contribution in [3.8, 4) is 0 Å². The van der Waals surface area contributed by atoms with Gasteiger partial charge < -0.3 is 20.8 Å². The third-order valence-corrected chi connectivity index (χ3v) is 2.54. The maximum atomic E-state index is 11.3. The van der Waals surface area contributed by atoms with Gasteiger partial charge in [0.25, 0.3) is 0 Å². The molecule has 6 heteroatoms. The van der Waals surface area contributed by atoms with Gasteiger partial charge in [-0.3, -0.25) is 4.79 Å². The van der Waals surface area contributed by atoms with Gasteiger partial charge in [0.05, 0.1) is 11.8 Å². The highest BCUT2D eigenvalue weighted by molar-refractivity contribution is 7.45. The summed E-state index contributed by atoms with van der Waals surface area (Å²) in [6.45, 7) is 5.18. The van der Waals surface area contributed by atoms with Gasteiger partial charge in [-0.25, -0.2) is 0 Å². The Bertz CT molecular complexity index is 175. The lowest BCUT2D eigenvalue weighted by Gasteiger charge is -2.19. The number of nitrogens with one attached hydrogen (secondary N) is 1. The molecule has 0 heterocycles. The molecular formula is C7H17N2O3P. The minimum absolute atomic E-state index is 0.0378. The fourth-order valence-electron chi connectivity index (χ4n) is 0.663. The Morgan fingerprint density at radius 3 is 2.15 bits per heavy atom. The molecule has 0 fully saturated rings. The van der Waals surface area contributed by atoms with Crippen molar-refractivity contribution in [1.29, 1.82) is 0 Å². The average molecular weight is 208 g/mol. The number of nitrogens with two attached hydrogens (primary N) is 1. The average Bonchev–Trinajstić information content (AvgIpc) is 2.02. The third kappa shape index (κ3) is 4.52. The van der Waals surface area contributed by atoms with E-state index in [9.17, 15) is 4.79 Å². The van der Waals surface area contributed by atoms with E-state index in [1.54, 1.807) is 0 Å². The van der Waals surface area contributed by atoms with Crippen molar-refractivity contribution in [3.63, 3.8) is 0 Å². The van der Waals surface area contributed by atoms with Gasteiger partial charge in [0.1, 0.15) is 0 Å². The molecule has 0 aliphatic carbocycles. The molecule has 0 aromatic heterocycles. The first kappa shape index (κ1) is 12.8. The van der Waals surface area contributed by atoms with Gasteiger partial charge in [-0.05, 0) is 12.8 Å². The summed E-state index contributed by atoms with van der Waals surface area (Å²) in [6.07, 6.45) is 0. The van der Waals surface area contributed by atoms with E-state index in [1.165, 1.54) is 6.92 Å². The number of hydrogen-bond acceptors (Lipinski definition) is 4. The molecule has 0 aromatic carbocycles. The molecule has 1 unspecified atom stereocenters. The van der Waals surface area contributed by atoms with Crippen LogP contribution in [0.15, 0.2) is 0 Å². The molecular weight excluding hydrogens is 191 g/mol. The zero-order valence-electron chi connectivity index (χ0n) is 8.06. The minimum atomic E-state index is -2.13. The second kappa shape index (κ2) is 5.50. The molecule has 5 nitrogen and oxygen atoms in total. The first-order chi connectivity index (χ1) is 5.86. The number of rotatable bonds is 4. The van der Waals surface area contributed by atoms with Crippen LogP contribution in [0.1, 0.15) is 20.8 Å². The Morgan fingerprint density at radius 2 is 1.85 bits per heavy atom. The van der Waals surface area contributed by atoms with Gasteiger partial charge in [0.15, 0.2) is 8.38 Å². The molecule has 1 amide bonds. The zero-order valence-corrected chi connectivity index (χ0v) is 8.95. The van der Waals surface area contributed by atoms with Crippen molar-refractivity contribution in [3.05, 3.63) is 0 Å². The van der Waals surface area contributed by atoms with Crippen LogP contribution in [-0.2, 0) is 4.79 Å². The molecule has 0 radical (unpaired) electrons. The Hall–Kier alpha value is -0.220. The quantitative estimate of drug-likeness (QED) is 0.478. The van der Waals surface area contributed by atoms with Gasteiger partial charge in [-0.15, -0.1) is 0 Å². The maximum Gasteiger partial charge on any atom is 0.237 e. The zero-order chi connectivity index (χ0) is 10.6. The van der Waals surface area contributed by atoms with Crippen LogP contribution in [0.3, 0.4) is 0 Å². The van der Waals surface area contributed by atoms with E-state index in [-0.39, 0.29) is 11.8 Å². The molecule has 0 aliphatic heterocycles. The smallest absolute Gasteiger partial charge is 0.237 e. The SMILES string of the molecule is CC(C)[C@H](N)C(=O)NC(C)P(O)O. The predicted octanol–water partition coefficient (Wildman–Crippen LogP) is -0.272. The fraction of sp³-hybridized carbons (Fsp3) is 0.857. The largest absolute Gasteiger partial charge is 0.349 e. The van der Waals surface area contributed by atoms with Gasteiger partial charge in [0.2, 0.25) is 5.91 Å². The fourth-order valence-corrected chi connectivity index (χ4v) is 0.905. The third-order valence-electron chi connectivity index (χ3n) is 1.72. The summed E-state index contributed by atoms with van der Waals surface area (Å²) < 4.78 is 0. The molecule has 2 atom stereocenters. The summed E-state index contributed by atoms with van der Waals surface area (Å²) in [4.78, 5) is 28.8. The topological polar surface area (TPSA) is 95.6 Å². The molecule has 0 saturated carbocycles. The van der Waals surface area contributed by atoms with Crippen LogP contribution in [0.25, 0.3) is 0 Å². The second-order valence-electron chi connectivity index (χ2n) is 3.27. The van der Waals surface area contributed by atoms with E-state index in [0.29, 0.717) is 0 Å². The highest BCUT2D eigenvalue weighted by atomic mass is 31.2. The summed E-state index contributed by atoms with van der Waals surface area (Å²) in [5, 5.41) is 2.43. The normalized spacial score (nSPS) is 16.0. The summed E-state index contributed by atoms with van der Waals surface area (Å²) in [6, 6.07) is -0.600. The van der Waals surface area contributed by atoms with E-state index in [1.807, 2.05) is 13.8 Å². The van der Waals surface area contributed by atoms with Crippen LogP contribution in [0, 0.1) is 5.92 Å². The highest BCUT2D eigenvalue weighted by Gasteiger charge is 2.21. The van der Waals surface area contributed by atoms with Crippen molar-refractivity contribution in [2.75, 3.05) is 0 Å². The van der Waals surface area contributed by atoms with Crippen LogP contribution in [0.2, 0.25) is 0 Å². The van der Waals surface area contributed by atoms with Crippen LogP contribution in [0.5, 0.6) is 0 Å². The summed E-state index contributed by atoms with van der Waals surface area (Å²) in [5.74, 6) is -0.943. The molecule has 0 spiro atoms. The highest BCUT2D eigenvalue weighted by Crippen LogP contribution is 2.28. The Balaban J connectivity index is 4.00. The Morgan fingerprint density at radius 1 is 1.38 bits per heavy atom. The lowest BCUT2D eigenvalue weighted by Crippen LogP contribution is -2.46. The maximum absolute atomic E-state index is 11.3. The number of amides is 1. The van der Waals surface area contributed by atoms with E-state index >= 15 is 0 Å². The van der Waals surface area contributed by atoms with Crippen molar-refractivity contribution in [2.45, 2.75) is 32.6 Å². The summed E-state index contributed by atoms with van der Waals surface area (Å²) >= 11 is 0. The summed E-state index contributed by atoms with van der Waals surface area (Å²) in [5.41, 5.74) is 5.54. The van der Waals surface area contributed by atoms with E-state index in [2.05, 4.69) is 5.32 Å². The molecule has 13 heavy (non-hydrogen) atoms. The van der Waals surface area contributed by atoms with E-state index in [4.69, 9.17) is 15.5 Å².